The lowest BCUT2D eigenvalue weighted by molar-refractivity contribution is 0.154. The van der Waals surface area contributed by atoms with Gasteiger partial charge < -0.3 is 15.4 Å². The first-order chi connectivity index (χ1) is 7.69. The number of benzene rings is 1. The Hall–Kier alpha value is -0.580. The molecule has 0 aromatic heterocycles. The van der Waals surface area contributed by atoms with E-state index in [4.69, 9.17) is 10.5 Å². The van der Waals surface area contributed by atoms with Crippen molar-refractivity contribution in [2.45, 2.75) is 13.5 Å². The van der Waals surface area contributed by atoms with Crippen LogP contribution in [0.15, 0.2) is 22.7 Å². The molecule has 0 bridgehead atoms. The molecule has 0 atom stereocenters. The number of halogens is 1. The van der Waals surface area contributed by atoms with Crippen LogP contribution in [0.3, 0.4) is 0 Å². The van der Waals surface area contributed by atoms with Crippen molar-refractivity contribution in [1.29, 1.82) is 0 Å². The minimum absolute atomic E-state index is 0.557. The fraction of sp³-hybridized carbons (Fsp3) is 0.500. The first-order valence-corrected chi connectivity index (χ1v) is 6.25. The maximum absolute atomic E-state index is 5.72. The molecule has 4 heteroatoms. The normalized spacial score (nSPS) is 10.5. The summed E-state index contributed by atoms with van der Waals surface area (Å²) >= 11 is 3.48. The second kappa shape index (κ2) is 6.89. The van der Waals surface area contributed by atoms with Crippen molar-refractivity contribution in [2.75, 3.05) is 31.7 Å². The van der Waals surface area contributed by atoms with E-state index in [9.17, 15) is 0 Å². The first-order valence-electron chi connectivity index (χ1n) is 5.46. The van der Waals surface area contributed by atoms with Crippen LogP contribution in [0.4, 0.5) is 5.69 Å². The summed E-state index contributed by atoms with van der Waals surface area (Å²) in [6, 6.07) is 6.16. The SMILES string of the molecule is CCOCCN(C)c1cc(Br)ccc1CN. The smallest absolute Gasteiger partial charge is 0.0641 e. The van der Waals surface area contributed by atoms with Gasteiger partial charge in [0, 0.05) is 36.9 Å². The van der Waals surface area contributed by atoms with E-state index in [-0.39, 0.29) is 0 Å². The molecule has 0 saturated carbocycles. The van der Waals surface area contributed by atoms with Gasteiger partial charge in [0.25, 0.3) is 0 Å². The van der Waals surface area contributed by atoms with Gasteiger partial charge in [-0.05, 0) is 24.6 Å². The molecule has 0 heterocycles. The van der Waals surface area contributed by atoms with Crippen molar-refractivity contribution >= 4 is 21.6 Å². The molecule has 90 valence electrons. The quantitative estimate of drug-likeness (QED) is 0.816. The molecule has 0 spiro atoms. The number of nitrogens with two attached hydrogens (primary N) is 1. The molecule has 2 N–H and O–H groups in total. The Balaban J connectivity index is 2.72. The summed E-state index contributed by atoms with van der Waals surface area (Å²) in [6.07, 6.45) is 0. The Morgan fingerprint density at radius 3 is 2.81 bits per heavy atom. The molecule has 0 aliphatic heterocycles. The molecule has 0 saturated heterocycles. The molecule has 0 radical (unpaired) electrons. The average molecular weight is 287 g/mol. The summed E-state index contributed by atoms with van der Waals surface area (Å²) in [5.41, 5.74) is 8.04. The highest BCUT2D eigenvalue weighted by Gasteiger charge is 2.06. The predicted molar refractivity (Wildman–Crippen MR) is 71.8 cm³/mol. The van der Waals surface area contributed by atoms with Crippen LogP contribution in [0, 0.1) is 0 Å². The Bertz CT molecular complexity index is 331. The monoisotopic (exact) mass is 286 g/mol. The zero-order valence-corrected chi connectivity index (χ0v) is 11.5. The molecule has 16 heavy (non-hydrogen) atoms. The van der Waals surface area contributed by atoms with Crippen molar-refractivity contribution in [1.82, 2.24) is 0 Å². The summed E-state index contributed by atoms with van der Waals surface area (Å²) in [6.45, 7) is 4.93. The summed E-state index contributed by atoms with van der Waals surface area (Å²) < 4.78 is 6.42. The Labute approximate surface area is 106 Å². The molecule has 3 nitrogen and oxygen atoms in total. The van der Waals surface area contributed by atoms with E-state index in [0.29, 0.717) is 6.54 Å². The summed E-state index contributed by atoms with van der Waals surface area (Å²) in [4.78, 5) is 2.17. The molecule has 1 rings (SSSR count). The van der Waals surface area contributed by atoms with E-state index in [2.05, 4.69) is 40.0 Å². The van der Waals surface area contributed by atoms with Crippen LogP contribution in [0.25, 0.3) is 0 Å². The van der Waals surface area contributed by atoms with E-state index in [0.717, 1.165) is 35.5 Å². The maximum atomic E-state index is 5.72. The minimum atomic E-state index is 0.557. The zero-order chi connectivity index (χ0) is 12.0. The summed E-state index contributed by atoms with van der Waals surface area (Å²) in [7, 11) is 2.06. The summed E-state index contributed by atoms with van der Waals surface area (Å²) in [5.74, 6) is 0. The average Bonchev–Trinajstić information content (AvgIpc) is 2.29. The van der Waals surface area contributed by atoms with Crippen LogP contribution in [-0.4, -0.2) is 26.8 Å². The van der Waals surface area contributed by atoms with Gasteiger partial charge in [0.05, 0.1) is 6.61 Å². The zero-order valence-electron chi connectivity index (χ0n) is 9.87. The largest absolute Gasteiger partial charge is 0.380 e. The molecule has 0 fully saturated rings. The van der Waals surface area contributed by atoms with Crippen molar-refractivity contribution in [3.05, 3.63) is 28.2 Å². The molecule has 1 aromatic rings. The van der Waals surface area contributed by atoms with Gasteiger partial charge in [-0.2, -0.15) is 0 Å². The van der Waals surface area contributed by atoms with Gasteiger partial charge in [-0.1, -0.05) is 22.0 Å². The van der Waals surface area contributed by atoms with Gasteiger partial charge in [-0.25, -0.2) is 0 Å². The third-order valence-corrected chi connectivity index (χ3v) is 2.95. The lowest BCUT2D eigenvalue weighted by atomic mass is 10.1. The molecular formula is C12H19BrN2O. The fourth-order valence-corrected chi connectivity index (χ4v) is 1.88. The number of anilines is 1. The van der Waals surface area contributed by atoms with Crippen molar-refractivity contribution < 1.29 is 4.74 Å². The number of nitrogens with zero attached hydrogens (tertiary/aromatic N) is 1. The standard InChI is InChI=1S/C12H19BrN2O/c1-3-16-7-6-15(2)12-8-11(13)5-4-10(12)9-14/h4-5,8H,3,6-7,9,14H2,1-2H3. The number of rotatable bonds is 6. The predicted octanol–water partition coefficient (Wildman–Crippen LogP) is 2.38. The lowest BCUT2D eigenvalue weighted by Gasteiger charge is -2.22. The lowest BCUT2D eigenvalue weighted by Crippen LogP contribution is -2.24. The highest BCUT2D eigenvalue weighted by Crippen LogP contribution is 2.23. The Kier molecular flexibility index (Phi) is 5.80. The summed E-state index contributed by atoms with van der Waals surface area (Å²) in [5, 5.41) is 0. The molecule has 0 aliphatic carbocycles. The van der Waals surface area contributed by atoms with E-state index >= 15 is 0 Å². The highest BCUT2D eigenvalue weighted by atomic mass is 79.9. The molecular weight excluding hydrogens is 268 g/mol. The number of hydrogen-bond acceptors (Lipinski definition) is 3. The minimum Gasteiger partial charge on any atom is -0.380 e. The van der Waals surface area contributed by atoms with Crippen LogP contribution in [0.5, 0.6) is 0 Å². The van der Waals surface area contributed by atoms with Crippen molar-refractivity contribution in [3.8, 4) is 0 Å². The van der Waals surface area contributed by atoms with Crippen LogP contribution >= 0.6 is 15.9 Å². The second-order valence-electron chi connectivity index (χ2n) is 3.60. The molecule has 1 aromatic carbocycles. The fourth-order valence-electron chi connectivity index (χ4n) is 1.53. The van der Waals surface area contributed by atoms with E-state index in [1.54, 1.807) is 0 Å². The molecule has 0 unspecified atom stereocenters. The van der Waals surface area contributed by atoms with Crippen LogP contribution in [0.1, 0.15) is 12.5 Å². The van der Waals surface area contributed by atoms with E-state index in [1.807, 2.05) is 13.0 Å². The van der Waals surface area contributed by atoms with Gasteiger partial charge in [-0.15, -0.1) is 0 Å². The van der Waals surface area contributed by atoms with E-state index in [1.165, 1.54) is 0 Å². The van der Waals surface area contributed by atoms with Gasteiger partial charge in [0.1, 0.15) is 0 Å². The molecule has 0 aliphatic rings. The number of likely N-dealkylation sites (N-methyl/N-ethyl adjacent to an activating group) is 1. The second-order valence-corrected chi connectivity index (χ2v) is 4.51. The van der Waals surface area contributed by atoms with Gasteiger partial charge in [0.2, 0.25) is 0 Å². The van der Waals surface area contributed by atoms with Gasteiger partial charge in [0.15, 0.2) is 0 Å². The van der Waals surface area contributed by atoms with Crippen LogP contribution < -0.4 is 10.6 Å². The van der Waals surface area contributed by atoms with Crippen LogP contribution in [-0.2, 0) is 11.3 Å². The third-order valence-electron chi connectivity index (χ3n) is 2.45. The Morgan fingerprint density at radius 1 is 1.44 bits per heavy atom. The van der Waals surface area contributed by atoms with Crippen molar-refractivity contribution in [3.63, 3.8) is 0 Å². The van der Waals surface area contributed by atoms with Crippen molar-refractivity contribution in [2.24, 2.45) is 5.73 Å². The first kappa shape index (κ1) is 13.5. The van der Waals surface area contributed by atoms with Crippen LogP contribution in [0.2, 0.25) is 0 Å². The van der Waals surface area contributed by atoms with Gasteiger partial charge >= 0.3 is 0 Å². The third kappa shape index (κ3) is 3.77. The van der Waals surface area contributed by atoms with Gasteiger partial charge in [-0.3, -0.25) is 0 Å². The Morgan fingerprint density at radius 2 is 2.19 bits per heavy atom. The maximum Gasteiger partial charge on any atom is 0.0641 e. The topological polar surface area (TPSA) is 38.5 Å². The number of ether oxygens (including phenoxy) is 1. The molecule has 0 amide bonds. The number of hydrogen-bond donors (Lipinski definition) is 1. The highest BCUT2D eigenvalue weighted by molar-refractivity contribution is 9.10. The van der Waals surface area contributed by atoms with E-state index < -0.39 is 0 Å².